The van der Waals surface area contributed by atoms with Crippen molar-refractivity contribution in [3.63, 3.8) is 0 Å². The van der Waals surface area contributed by atoms with E-state index in [2.05, 4.69) is 4.85 Å². The first-order valence-electron chi connectivity index (χ1n) is 14.1. The summed E-state index contributed by atoms with van der Waals surface area (Å²) in [6, 6.07) is 30.5. The topological polar surface area (TPSA) is 80.1 Å². The minimum Gasteiger partial charge on any atom is -0.394 e. The fourth-order valence-electron chi connectivity index (χ4n) is 5.63. The van der Waals surface area contributed by atoms with Crippen LogP contribution in [0.4, 0.5) is 5.69 Å². The van der Waals surface area contributed by atoms with Gasteiger partial charge in [0.2, 0.25) is 0 Å². The van der Waals surface area contributed by atoms with E-state index in [1.807, 2.05) is 95.9 Å². The van der Waals surface area contributed by atoms with Crippen LogP contribution in [0.2, 0.25) is 5.02 Å². The number of aliphatic hydroxyl groups excluding tert-OH is 1. The molecule has 42 heavy (non-hydrogen) atoms. The first kappa shape index (κ1) is 29.5. The molecule has 6 nitrogen and oxygen atoms in total. The molecule has 1 saturated heterocycles. The van der Waals surface area contributed by atoms with Gasteiger partial charge >= 0.3 is 0 Å². The summed E-state index contributed by atoms with van der Waals surface area (Å²) < 4.78 is 6.07. The van der Waals surface area contributed by atoms with Crippen molar-refractivity contribution in [3.05, 3.63) is 136 Å². The van der Waals surface area contributed by atoms with Gasteiger partial charge in [0, 0.05) is 17.1 Å². The average Bonchev–Trinajstić information content (AvgIpc) is 3.51. The van der Waals surface area contributed by atoms with Gasteiger partial charge in [-0.25, -0.2) is 4.85 Å². The second-order valence-electron chi connectivity index (χ2n) is 10.9. The summed E-state index contributed by atoms with van der Waals surface area (Å²) >= 11 is 6.28. The van der Waals surface area contributed by atoms with Crippen molar-refractivity contribution in [3.8, 4) is 11.1 Å². The second-order valence-corrected chi connectivity index (χ2v) is 11.4. The van der Waals surface area contributed by atoms with Gasteiger partial charge in [0.25, 0.3) is 5.91 Å². The monoisotopic (exact) mass is 579 g/mol. The van der Waals surface area contributed by atoms with Gasteiger partial charge in [-0.1, -0.05) is 84.4 Å². The highest BCUT2D eigenvalue weighted by molar-refractivity contribution is 6.30. The molecule has 4 aromatic carbocycles. The molecular formula is C35H34ClN3O3. The number of amides is 1. The van der Waals surface area contributed by atoms with Gasteiger partial charge in [0.1, 0.15) is 0 Å². The summed E-state index contributed by atoms with van der Waals surface area (Å²) in [5, 5.41) is 10.7. The Morgan fingerprint density at radius 2 is 1.81 bits per heavy atom. The van der Waals surface area contributed by atoms with E-state index in [-0.39, 0.29) is 31.8 Å². The highest BCUT2D eigenvalue weighted by Crippen LogP contribution is 2.36. The summed E-state index contributed by atoms with van der Waals surface area (Å²) in [5.41, 5.74) is 11.0. The third-order valence-corrected chi connectivity index (χ3v) is 7.93. The lowest BCUT2D eigenvalue weighted by Crippen LogP contribution is -2.50. The van der Waals surface area contributed by atoms with Crippen LogP contribution in [0.5, 0.6) is 0 Å². The van der Waals surface area contributed by atoms with Crippen molar-refractivity contribution in [2.75, 3.05) is 19.8 Å². The molecule has 0 spiro atoms. The first-order chi connectivity index (χ1) is 20.4. The summed E-state index contributed by atoms with van der Waals surface area (Å²) in [5.74, 6) is -0.0755. The fourth-order valence-corrected chi connectivity index (χ4v) is 5.83. The van der Waals surface area contributed by atoms with Gasteiger partial charge in [-0.2, -0.15) is 0 Å². The van der Waals surface area contributed by atoms with Crippen molar-refractivity contribution < 1.29 is 14.6 Å². The zero-order chi connectivity index (χ0) is 29.5. The van der Waals surface area contributed by atoms with E-state index in [1.54, 1.807) is 6.07 Å². The summed E-state index contributed by atoms with van der Waals surface area (Å²) in [6.07, 6.45) is 2.23. The number of hydrogen-bond acceptors (Lipinski definition) is 4. The first-order valence-corrected chi connectivity index (χ1v) is 14.5. The second kappa shape index (κ2) is 13.3. The lowest BCUT2D eigenvalue weighted by Gasteiger charge is -2.27. The van der Waals surface area contributed by atoms with E-state index in [1.165, 1.54) is 0 Å². The van der Waals surface area contributed by atoms with Crippen molar-refractivity contribution in [2.45, 2.75) is 37.5 Å². The molecule has 0 bridgehead atoms. The van der Waals surface area contributed by atoms with Gasteiger partial charge < -0.3 is 20.5 Å². The minimum atomic E-state index is -0.950. The smallest absolute Gasteiger partial charge is 0.254 e. The fraction of sp³-hybridized carbons (Fsp3) is 0.257. The molecule has 4 aromatic rings. The number of nitrogens with two attached hydrogens (primary N) is 1. The van der Waals surface area contributed by atoms with Gasteiger partial charge in [-0.3, -0.25) is 4.79 Å². The highest BCUT2D eigenvalue weighted by Gasteiger charge is 2.31. The summed E-state index contributed by atoms with van der Waals surface area (Å²) in [6.45, 7) is 8.41. The lowest BCUT2D eigenvalue weighted by molar-refractivity contribution is 0.0457. The quantitative estimate of drug-likeness (QED) is 0.199. The highest BCUT2D eigenvalue weighted by atomic mass is 35.5. The number of aliphatic hydroxyl groups is 1. The number of likely N-dealkylation sites (tertiary alicyclic amines) is 1. The molecule has 1 heterocycles. The molecule has 1 aliphatic rings. The van der Waals surface area contributed by atoms with Crippen LogP contribution in [-0.4, -0.2) is 41.2 Å². The molecule has 1 aliphatic heterocycles. The summed E-state index contributed by atoms with van der Waals surface area (Å²) in [4.78, 5) is 19.6. The van der Waals surface area contributed by atoms with E-state index in [9.17, 15) is 9.90 Å². The number of halogens is 1. The van der Waals surface area contributed by atoms with Crippen molar-refractivity contribution in [1.82, 2.24) is 4.90 Å². The van der Waals surface area contributed by atoms with E-state index >= 15 is 0 Å². The Hall–Kier alpha value is -3.99. The molecular weight excluding hydrogens is 546 g/mol. The molecule has 3 N–H and O–H groups in total. The van der Waals surface area contributed by atoms with Gasteiger partial charge in [-0.05, 0) is 71.3 Å². The third-order valence-electron chi connectivity index (χ3n) is 7.69. The number of ether oxygens (including phenoxy) is 1. The Balaban J connectivity index is 1.42. The maximum Gasteiger partial charge on any atom is 0.254 e. The maximum absolute atomic E-state index is 14.0. The molecule has 1 fully saturated rings. The van der Waals surface area contributed by atoms with Crippen LogP contribution in [-0.2, 0) is 17.8 Å². The Kier molecular flexibility index (Phi) is 9.36. The number of hydrogen-bond donors (Lipinski definition) is 2. The predicted molar refractivity (Wildman–Crippen MR) is 166 cm³/mol. The molecule has 7 heteroatoms. The zero-order valence-corrected chi connectivity index (χ0v) is 24.1. The van der Waals surface area contributed by atoms with E-state index in [4.69, 9.17) is 28.6 Å². The van der Waals surface area contributed by atoms with Crippen LogP contribution in [0.25, 0.3) is 16.0 Å². The molecule has 1 amide bonds. The number of rotatable bonds is 10. The summed E-state index contributed by atoms with van der Waals surface area (Å²) in [7, 11) is 0. The van der Waals surface area contributed by atoms with Gasteiger partial charge in [0.05, 0.1) is 38.0 Å². The van der Waals surface area contributed by atoms with Crippen LogP contribution < -0.4 is 5.73 Å². The molecule has 2 unspecified atom stereocenters. The van der Waals surface area contributed by atoms with Crippen LogP contribution in [0.3, 0.4) is 0 Å². The number of carbonyl (C=O) groups is 1. The number of benzene rings is 4. The van der Waals surface area contributed by atoms with E-state index in [0.717, 1.165) is 40.7 Å². The normalized spacial score (nSPS) is 16.1. The Morgan fingerprint density at radius 3 is 2.57 bits per heavy atom. The van der Waals surface area contributed by atoms with Crippen molar-refractivity contribution in [1.29, 1.82) is 0 Å². The molecule has 214 valence electrons. The number of para-hydroxylation sites is 1. The minimum absolute atomic E-state index is 0.0597. The van der Waals surface area contributed by atoms with Crippen molar-refractivity contribution >= 4 is 23.2 Å². The molecule has 2 atom stereocenters. The molecule has 5 rings (SSSR count). The van der Waals surface area contributed by atoms with Crippen LogP contribution >= 0.6 is 11.6 Å². The van der Waals surface area contributed by atoms with Crippen molar-refractivity contribution in [2.24, 2.45) is 5.73 Å². The Bertz CT molecular complexity index is 1590. The standard InChI is InChI=1S/C35H34ClN3O3/c1-38-32-14-6-5-13-31(32)28-17-26(22-42-24-35(37,23-40)21-25-9-3-2-4-10-25)18-29(19-28)34(41)39-16-8-15-33(39)27-11-7-12-30(36)20-27/h2-7,9-14,17-20,33,40H,8,15-16,21-24,37H2. The zero-order valence-electron chi connectivity index (χ0n) is 23.4. The molecule has 0 saturated carbocycles. The molecule has 0 aliphatic carbocycles. The number of carbonyl (C=O) groups excluding carboxylic acids is 1. The lowest BCUT2D eigenvalue weighted by atomic mass is 9.93. The van der Waals surface area contributed by atoms with Crippen LogP contribution in [0.15, 0.2) is 97.1 Å². The predicted octanol–water partition coefficient (Wildman–Crippen LogP) is 6.98. The molecule has 0 radical (unpaired) electrons. The largest absolute Gasteiger partial charge is 0.394 e. The van der Waals surface area contributed by atoms with E-state index < -0.39 is 5.54 Å². The SMILES string of the molecule is [C-]#[N+]c1ccccc1-c1cc(COCC(N)(CO)Cc2ccccc2)cc(C(=O)N2CCCC2c2cccc(Cl)c2)c1. The Morgan fingerprint density at radius 1 is 1.02 bits per heavy atom. The van der Waals surface area contributed by atoms with Gasteiger partial charge in [-0.15, -0.1) is 0 Å². The molecule has 0 aromatic heterocycles. The van der Waals surface area contributed by atoms with Gasteiger partial charge in [0.15, 0.2) is 5.69 Å². The van der Waals surface area contributed by atoms with E-state index in [0.29, 0.717) is 29.2 Å². The average molecular weight is 580 g/mol. The van der Waals surface area contributed by atoms with Crippen LogP contribution in [0, 0.1) is 6.57 Å². The number of nitrogens with zero attached hydrogens (tertiary/aromatic N) is 2. The third kappa shape index (κ3) is 6.89. The Labute approximate surface area is 252 Å². The maximum atomic E-state index is 14.0. The van der Waals surface area contributed by atoms with Crippen LogP contribution in [0.1, 0.15) is 45.9 Å².